The van der Waals surface area contributed by atoms with Gasteiger partial charge in [-0.3, -0.25) is 9.78 Å². The van der Waals surface area contributed by atoms with Gasteiger partial charge in [0.25, 0.3) is 0 Å². The number of ketones is 1. The van der Waals surface area contributed by atoms with Crippen LogP contribution >= 0.6 is 0 Å². The Bertz CT molecular complexity index is 1200. The van der Waals surface area contributed by atoms with Crippen molar-refractivity contribution in [3.63, 3.8) is 0 Å². The average molecular weight is 460 g/mol. The van der Waals surface area contributed by atoms with Gasteiger partial charge in [-0.15, -0.1) is 0 Å². The number of rotatable bonds is 5. The Morgan fingerprint density at radius 2 is 1.82 bits per heavy atom. The number of hydrogen-bond donors (Lipinski definition) is 0. The number of anilines is 1. The second-order valence-corrected chi connectivity index (χ2v) is 9.58. The van der Waals surface area contributed by atoms with Crippen molar-refractivity contribution in [1.82, 2.24) is 19.9 Å². The number of carbonyl (C=O) groups excluding carboxylic acids is 1. The zero-order valence-corrected chi connectivity index (χ0v) is 19.3. The molecule has 8 nitrogen and oxygen atoms in total. The van der Waals surface area contributed by atoms with E-state index in [4.69, 9.17) is 9.47 Å². The molecule has 1 aromatic carbocycles. The van der Waals surface area contributed by atoms with E-state index in [0.717, 1.165) is 98.0 Å². The van der Waals surface area contributed by atoms with Gasteiger partial charge in [-0.2, -0.15) is 0 Å². The van der Waals surface area contributed by atoms with Crippen LogP contribution in [0.3, 0.4) is 0 Å². The minimum absolute atomic E-state index is 0.167. The third-order valence-electron chi connectivity index (χ3n) is 7.21. The van der Waals surface area contributed by atoms with Crippen molar-refractivity contribution in [3.05, 3.63) is 47.8 Å². The molecule has 3 aromatic rings. The van der Waals surface area contributed by atoms with E-state index < -0.39 is 0 Å². The Hall–Kier alpha value is -3.13. The largest absolute Gasteiger partial charge is 0.488 e. The Labute approximate surface area is 198 Å². The van der Waals surface area contributed by atoms with Crippen LogP contribution in [0.2, 0.25) is 0 Å². The first kappa shape index (κ1) is 21.4. The molecule has 0 amide bonds. The fourth-order valence-electron chi connectivity index (χ4n) is 5.36. The molecular formula is C26H29N5O3. The molecule has 34 heavy (non-hydrogen) atoms. The highest BCUT2D eigenvalue weighted by molar-refractivity contribution is 5.87. The van der Waals surface area contributed by atoms with Crippen LogP contribution in [-0.2, 0) is 28.8 Å². The standard InChI is InChI=1S/C26H29N5O3/c32-20-12-18-16-29-25(30-22(18)15-20)11-17-1-3-21(4-2-17)34-24-14-19(31-7-9-33-10-8-31)13-23-26(24)28-6-5-27-23/h5-6,13-14,16-17,21H,1-4,7-12,15H2. The van der Waals surface area contributed by atoms with Crippen molar-refractivity contribution in [3.8, 4) is 5.75 Å². The predicted molar refractivity (Wildman–Crippen MR) is 127 cm³/mol. The van der Waals surface area contributed by atoms with Crippen molar-refractivity contribution >= 4 is 22.5 Å². The lowest BCUT2D eigenvalue weighted by molar-refractivity contribution is -0.117. The van der Waals surface area contributed by atoms with E-state index in [1.807, 2.05) is 6.20 Å². The van der Waals surface area contributed by atoms with E-state index in [0.29, 0.717) is 18.8 Å². The van der Waals surface area contributed by atoms with E-state index in [-0.39, 0.29) is 11.9 Å². The molecule has 3 heterocycles. The molecule has 1 saturated carbocycles. The summed E-state index contributed by atoms with van der Waals surface area (Å²) in [5.41, 5.74) is 4.73. The molecular weight excluding hydrogens is 430 g/mol. The minimum Gasteiger partial charge on any atom is -0.488 e. The Kier molecular flexibility index (Phi) is 5.83. The summed E-state index contributed by atoms with van der Waals surface area (Å²) in [6.07, 6.45) is 11.5. The predicted octanol–water partition coefficient (Wildman–Crippen LogP) is 3.10. The molecule has 3 aliphatic rings. The van der Waals surface area contributed by atoms with E-state index in [2.05, 4.69) is 37.0 Å². The van der Waals surface area contributed by atoms with Gasteiger partial charge in [-0.05, 0) is 43.2 Å². The molecule has 8 heteroatoms. The Morgan fingerprint density at radius 1 is 1.00 bits per heavy atom. The second-order valence-electron chi connectivity index (χ2n) is 9.58. The van der Waals surface area contributed by atoms with E-state index in [9.17, 15) is 4.79 Å². The number of carbonyl (C=O) groups is 1. The van der Waals surface area contributed by atoms with Crippen LogP contribution in [0.1, 0.15) is 42.8 Å². The summed E-state index contributed by atoms with van der Waals surface area (Å²) < 4.78 is 12.1. The average Bonchev–Trinajstić information content (AvgIpc) is 3.25. The molecule has 6 rings (SSSR count). The Balaban J connectivity index is 1.12. The van der Waals surface area contributed by atoms with E-state index in [1.54, 1.807) is 12.4 Å². The van der Waals surface area contributed by atoms with Crippen LogP contribution in [-0.4, -0.2) is 58.1 Å². The maximum absolute atomic E-state index is 11.7. The van der Waals surface area contributed by atoms with E-state index >= 15 is 0 Å². The van der Waals surface area contributed by atoms with Gasteiger partial charge in [0.1, 0.15) is 22.9 Å². The number of nitrogens with zero attached hydrogens (tertiary/aromatic N) is 5. The lowest BCUT2D eigenvalue weighted by Crippen LogP contribution is -2.36. The third kappa shape index (κ3) is 4.46. The summed E-state index contributed by atoms with van der Waals surface area (Å²) in [6, 6.07) is 4.22. The molecule has 1 aliphatic heterocycles. The first-order valence-electron chi connectivity index (χ1n) is 12.3. The van der Waals surface area contributed by atoms with Crippen molar-refractivity contribution < 1.29 is 14.3 Å². The molecule has 0 radical (unpaired) electrons. The number of benzene rings is 1. The fourth-order valence-corrected chi connectivity index (χ4v) is 5.36. The van der Waals surface area contributed by atoms with Gasteiger partial charge in [0, 0.05) is 62.7 Å². The quantitative estimate of drug-likeness (QED) is 0.575. The molecule has 1 saturated heterocycles. The minimum atomic E-state index is 0.167. The molecule has 2 aromatic heterocycles. The summed E-state index contributed by atoms with van der Waals surface area (Å²) in [5.74, 6) is 2.49. The second kappa shape index (κ2) is 9.25. The van der Waals surface area contributed by atoms with Gasteiger partial charge in [-0.25, -0.2) is 15.0 Å². The van der Waals surface area contributed by atoms with Gasteiger partial charge in [0.15, 0.2) is 0 Å². The highest BCUT2D eigenvalue weighted by atomic mass is 16.5. The number of ether oxygens (including phenoxy) is 2. The molecule has 0 spiro atoms. The SMILES string of the molecule is O=C1Cc2cnc(CC3CCC(Oc4cc(N5CCOCC5)cc5nccnc45)CC3)nc2C1. The molecule has 0 atom stereocenters. The van der Waals surface area contributed by atoms with Gasteiger partial charge in [0.05, 0.1) is 30.5 Å². The molecule has 0 unspecified atom stereocenters. The number of hydrogen-bond acceptors (Lipinski definition) is 8. The molecule has 2 fully saturated rings. The maximum atomic E-state index is 11.7. The van der Waals surface area contributed by atoms with Crippen LogP contribution in [0, 0.1) is 5.92 Å². The normalized spacial score (nSPS) is 22.7. The summed E-state index contributed by atoms with van der Waals surface area (Å²) in [5, 5.41) is 0. The summed E-state index contributed by atoms with van der Waals surface area (Å²) in [7, 11) is 0. The van der Waals surface area contributed by atoms with Gasteiger partial charge < -0.3 is 14.4 Å². The van der Waals surface area contributed by atoms with Crippen molar-refractivity contribution in [1.29, 1.82) is 0 Å². The smallest absolute Gasteiger partial charge is 0.149 e. The fraction of sp³-hybridized carbons (Fsp3) is 0.500. The molecule has 176 valence electrons. The Morgan fingerprint density at radius 3 is 2.68 bits per heavy atom. The van der Waals surface area contributed by atoms with Gasteiger partial charge in [0.2, 0.25) is 0 Å². The first-order chi connectivity index (χ1) is 16.7. The number of aromatic nitrogens is 4. The number of morpholine rings is 1. The lowest BCUT2D eigenvalue weighted by atomic mass is 9.85. The number of Topliss-reactive ketones (excluding diaryl/α,β-unsaturated/α-hetero) is 1. The van der Waals surface area contributed by atoms with Crippen LogP contribution in [0.25, 0.3) is 11.0 Å². The summed E-state index contributed by atoms with van der Waals surface area (Å²) in [4.78, 5) is 32.3. The van der Waals surface area contributed by atoms with Gasteiger partial charge >= 0.3 is 0 Å². The zero-order valence-electron chi connectivity index (χ0n) is 19.3. The maximum Gasteiger partial charge on any atom is 0.149 e. The summed E-state index contributed by atoms with van der Waals surface area (Å²) >= 11 is 0. The molecule has 0 bridgehead atoms. The van der Waals surface area contributed by atoms with Crippen molar-refractivity contribution in [2.24, 2.45) is 5.92 Å². The number of fused-ring (bicyclic) bond motifs is 2. The topological polar surface area (TPSA) is 90.3 Å². The van der Waals surface area contributed by atoms with Crippen molar-refractivity contribution in [2.75, 3.05) is 31.2 Å². The molecule has 0 N–H and O–H groups in total. The van der Waals surface area contributed by atoms with E-state index in [1.165, 1.54) is 0 Å². The zero-order chi connectivity index (χ0) is 22.9. The highest BCUT2D eigenvalue weighted by Gasteiger charge is 2.26. The summed E-state index contributed by atoms with van der Waals surface area (Å²) in [6.45, 7) is 3.22. The van der Waals surface area contributed by atoms with Crippen molar-refractivity contribution in [2.45, 2.75) is 51.0 Å². The van der Waals surface area contributed by atoms with Crippen LogP contribution in [0.5, 0.6) is 5.75 Å². The van der Waals surface area contributed by atoms with Crippen LogP contribution in [0.4, 0.5) is 5.69 Å². The van der Waals surface area contributed by atoms with Crippen LogP contribution < -0.4 is 9.64 Å². The lowest BCUT2D eigenvalue weighted by Gasteiger charge is -2.31. The van der Waals surface area contributed by atoms with Crippen LogP contribution in [0.15, 0.2) is 30.7 Å². The molecule has 2 aliphatic carbocycles. The third-order valence-corrected chi connectivity index (χ3v) is 7.21. The highest BCUT2D eigenvalue weighted by Crippen LogP contribution is 2.34. The first-order valence-corrected chi connectivity index (χ1v) is 12.3. The monoisotopic (exact) mass is 459 g/mol. The van der Waals surface area contributed by atoms with Gasteiger partial charge in [-0.1, -0.05) is 0 Å².